The van der Waals surface area contributed by atoms with Crippen LogP contribution in [0, 0.1) is 17.3 Å². The first kappa shape index (κ1) is 16.8. The smallest absolute Gasteiger partial charge is 0.270 e. The van der Waals surface area contributed by atoms with Gasteiger partial charge in [0.25, 0.3) is 10.0 Å². The second kappa shape index (κ2) is 5.78. The van der Waals surface area contributed by atoms with Crippen molar-refractivity contribution in [3.8, 4) is 0 Å². The minimum atomic E-state index is -3.67. The summed E-state index contributed by atoms with van der Waals surface area (Å²) in [6.45, 7) is 5.33. The number of sulfonamides is 1. The van der Waals surface area contributed by atoms with Crippen molar-refractivity contribution in [3.05, 3.63) is 0 Å². The molecule has 1 amide bonds. The monoisotopic (exact) mass is 358 g/mol. The van der Waals surface area contributed by atoms with Gasteiger partial charge in [-0.1, -0.05) is 38.5 Å². The van der Waals surface area contributed by atoms with Crippen LogP contribution in [-0.4, -0.2) is 30.6 Å². The van der Waals surface area contributed by atoms with Crippen molar-refractivity contribution in [2.24, 2.45) is 17.3 Å². The van der Waals surface area contributed by atoms with E-state index in [0.717, 1.165) is 30.6 Å². The van der Waals surface area contributed by atoms with Crippen molar-refractivity contribution < 1.29 is 13.2 Å². The van der Waals surface area contributed by atoms with Gasteiger partial charge in [0.2, 0.25) is 15.4 Å². The third-order valence-corrected chi connectivity index (χ3v) is 7.28. The van der Waals surface area contributed by atoms with Crippen molar-refractivity contribution in [3.63, 3.8) is 0 Å². The van der Waals surface area contributed by atoms with Gasteiger partial charge in [0.15, 0.2) is 0 Å². The average molecular weight is 358 g/mol. The predicted molar refractivity (Wildman–Crippen MR) is 87.6 cm³/mol. The number of carbonyl (C=O) groups excluding carboxylic acids is 1. The molecule has 0 unspecified atom stereocenters. The van der Waals surface area contributed by atoms with Gasteiger partial charge in [0.1, 0.15) is 0 Å². The molecule has 7 nitrogen and oxygen atoms in total. The fourth-order valence-electron chi connectivity index (χ4n) is 3.29. The number of aromatic nitrogens is 2. The van der Waals surface area contributed by atoms with Gasteiger partial charge in [-0.05, 0) is 31.1 Å². The molecule has 0 aliphatic heterocycles. The van der Waals surface area contributed by atoms with E-state index >= 15 is 0 Å². The molecule has 2 saturated carbocycles. The molecular formula is C14H22N4O3S2. The number of fused-ring (bicyclic) bond motifs is 2. The molecular weight excluding hydrogens is 336 g/mol. The number of amides is 1. The average Bonchev–Trinajstić information content (AvgIpc) is 3.12. The topological polar surface area (TPSA) is 101 Å². The van der Waals surface area contributed by atoms with E-state index in [4.69, 9.17) is 0 Å². The van der Waals surface area contributed by atoms with E-state index < -0.39 is 15.4 Å². The van der Waals surface area contributed by atoms with Crippen LogP contribution in [0.15, 0.2) is 4.34 Å². The van der Waals surface area contributed by atoms with E-state index in [9.17, 15) is 13.2 Å². The Labute approximate surface area is 140 Å². The third kappa shape index (κ3) is 3.56. The lowest BCUT2D eigenvalue weighted by atomic mass is 9.96. The Morgan fingerprint density at radius 2 is 1.96 bits per heavy atom. The van der Waals surface area contributed by atoms with Gasteiger partial charge in [-0.3, -0.25) is 4.79 Å². The summed E-state index contributed by atoms with van der Waals surface area (Å²) in [6.07, 6.45) is 4.35. The maximum absolute atomic E-state index is 12.4. The van der Waals surface area contributed by atoms with E-state index in [1.54, 1.807) is 20.8 Å². The summed E-state index contributed by atoms with van der Waals surface area (Å²) in [5, 5.41) is 10.3. The zero-order valence-electron chi connectivity index (χ0n) is 13.5. The van der Waals surface area contributed by atoms with Gasteiger partial charge in [-0.2, -0.15) is 0 Å². The molecule has 2 aliphatic carbocycles. The fourth-order valence-corrected chi connectivity index (χ4v) is 5.52. The van der Waals surface area contributed by atoms with E-state index in [0.29, 0.717) is 11.8 Å². The van der Waals surface area contributed by atoms with Crippen molar-refractivity contribution >= 4 is 32.4 Å². The molecule has 2 aliphatic rings. The van der Waals surface area contributed by atoms with Crippen LogP contribution in [0.1, 0.15) is 46.5 Å². The molecule has 0 aromatic carbocycles. The second-order valence-corrected chi connectivity index (χ2v) is 10.3. The van der Waals surface area contributed by atoms with E-state index in [1.165, 1.54) is 6.42 Å². The van der Waals surface area contributed by atoms with Crippen LogP contribution in [0.3, 0.4) is 0 Å². The zero-order valence-corrected chi connectivity index (χ0v) is 15.1. The Balaban J connectivity index is 1.68. The van der Waals surface area contributed by atoms with Gasteiger partial charge in [0.05, 0.1) is 0 Å². The highest BCUT2D eigenvalue weighted by molar-refractivity contribution is 7.91. The molecule has 128 valence electrons. The normalized spacial score (nSPS) is 27.3. The molecule has 2 N–H and O–H groups in total. The van der Waals surface area contributed by atoms with E-state index in [-0.39, 0.29) is 21.4 Å². The number of hydrogen-bond donors (Lipinski definition) is 2. The molecule has 23 heavy (non-hydrogen) atoms. The van der Waals surface area contributed by atoms with Gasteiger partial charge in [0, 0.05) is 11.5 Å². The van der Waals surface area contributed by atoms with E-state index in [2.05, 4.69) is 20.2 Å². The molecule has 1 aromatic rings. The third-order valence-electron chi connectivity index (χ3n) is 4.58. The number of hydrogen-bond acceptors (Lipinski definition) is 6. The quantitative estimate of drug-likeness (QED) is 0.802. The number of nitrogens with zero attached hydrogens (tertiary/aromatic N) is 2. The Bertz CT molecular complexity index is 708. The standard InChI is InChI=1S/C14H22N4O3S2/c1-14(2,3)11(19)15-12-16-17-13(22-12)23(20,21)18-10-7-8-4-5-9(10)6-8/h8-10,18H,4-7H2,1-3H3,(H,15,16,19)/t8-,9+,10-/m0/s1. The summed E-state index contributed by atoms with van der Waals surface area (Å²) in [6, 6.07) is 0.00951. The molecule has 1 aromatic heterocycles. The number of carbonyl (C=O) groups is 1. The fraction of sp³-hybridized carbons (Fsp3) is 0.786. The number of rotatable bonds is 4. The largest absolute Gasteiger partial charge is 0.300 e. The van der Waals surface area contributed by atoms with Crippen LogP contribution in [0.25, 0.3) is 0 Å². The van der Waals surface area contributed by atoms with Crippen LogP contribution in [0.4, 0.5) is 5.13 Å². The maximum Gasteiger partial charge on any atom is 0.270 e. The Kier molecular flexibility index (Phi) is 4.22. The molecule has 3 rings (SSSR count). The minimum absolute atomic E-state index is 0.00951. The minimum Gasteiger partial charge on any atom is -0.300 e. The van der Waals surface area contributed by atoms with Crippen LogP contribution in [0.5, 0.6) is 0 Å². The van der Waals surface area contributed by atoms with Crippen molar-refractivity contribution in [1.82, 2.24) is 14.9 Å². The Morgan fingerprint density at radius 1 is 1.22 bits per heavy atom. The van der Waals surface area contributed by atoms with Gasteiger partial charge >= 0.3 is 0 Å². The summed E-state index contributed by atoms with van der Waals surface area (Å²) in [7, 11) is -3.67. The summed E-state index contributed by atoms with van der Waals surface area (Å²) in [5.74, 6) is 0.880. The van der Waals surface area contributed by atoms with E-state index in [1.807, 2.05) is 0 Å². The van der Waals surface area contributed by atoms with Crippen molar-refractivity contribution in [2.75, 3.05) is 5.32 Å². The molecule has 2 fully saturated rings. The van der Waals surface area contributed by atoms with Crippen LogP contribution < -0.4 is 10.0 Å². The molecule has 0 radical (unpaired) electrons. The highest BCUT2D eigenvalue weighted by Crippen LogP contribution is 2.44. The summed E-state index contributed by atoms with van der Waals surface area (Å²) >= 11 is 0.883. The lowest BCUT2D eigenvalue weighted by Crippen LogP contribution is -2.38. The lowest BCUT2D eigenvalue weighted by Gasteiger charge is -2.21. The zero-order chi connectivity index (χ0) is 16.8. The predicted octanol–water partition coefficient (Wildman–Crippen LogP) is 1.99. The SMILES string of the molecule is CC(C)(C)C(=O)Nc1nnc(S(=O)(=O)N[C@H]2C[C@H]3CC[C@@H]2C3)s1. The Hall–Kier alpha value is -1.06. The second-order valence-electron chi connectivity index (χ2n) is 7.48. The summed E-state index contributed by atoms with van der Waals surface area (Å²) in [4.78, 5) is 11.9. The van der Waals surface area contributed by atoms with Crippen LogP contribution in [-0.2, 0) is 14.8 Å². The van der Waals surface area contributed by atoms with Gasteiger partial charge in [-0.15, -0.1) is 10.2 Å². The first-order chi connectivity index (χ1) is 10.6. The molecule has 3 atom stereocenters. The van der Waals surface area contributed by atoms with Crippen LogP contribution >= 0.6 is 11.3 Å². The molecule has 2 bridgehead atoms. The number of nitrogens with one attached hydrogen (secondary N) is 2. The molecule has 0 saturated heterocycles. The molecule has 0 spiro atoms. The molecule has 9 heteroatoms. The first-order valence-electron chi connectivity index (χ1n) is 7.82. The van der Waals surface area contributed by atoms with Gasteiger partial charge < -0.3 is 5.32 Å². The highest BCUT2D eigenvalue weighted by atomic mass is 32.2. The highest BCUT2D eigenvalue weighted by Gasteiger charge is 2.41. The Morgan fingerprint density at radius 3 is 2.52 bits per heavy atom. The maximum atomic E-state index is 12.4. The first-order valence-corrected chi connectivity index (χ1v) is 10.1. The van der Waals surface area contributed by atoms with Crippen molar-refractivity contribution in [2.45, 2.75) is 56.8 Å². The van der Waals surface area contributed by atoms with Crippen LogP contribution in [0.2, 0.25) is 0 Å². The summed E-state index contributed by atoms with van der Waals surface area (Å²) in [5.41, 5.74) is -0.577. The molecule has 1 heterocycles. The van der Waals surface area contributed by atoms with Crippen molar-refractivity contribution in [1.29, 1.82) is 0 Å². The summed E-state index contributed by atoms with van der Waals surface area (Å²) < 4.78 is 27.6. The lowest BCUT2D eigenvalue weighted by molar-refractivity contribution is -0.123. The number of anilines is 1. The van der Waals surface area contributed by atoms with Gasteiger partial charge in [-0.25, -0.2) is 13.1 Å².